The fourth-order valence-corrected chi connectivity index (χ4v) is 1.83. The Morgan fingerprint density at radius 2 is 2.00 bits per heavy atom. The molecule has 2 rings (SSSR count). The minimum Gasteiger partial charge on any atom is -0.489 e. The summed E-state index contributed by atoms with van der Waals surface area (Å²) in [6.45, 7) is 0.0730. The molecular weight excluding hydrogens is 315 g/mol. The number of hydrogen-bond acceptors (Lipinski definition) is 2. The van der Waals surface area contributed by atoms with E-state index in [4.69, 9.17) is 9.84 Å². The molecule has 19 heavy (non-hydrogen) atoms. The first-order valence-corrected chi connectivity index (χ1v) is 6.26. The third-order valence-electron chi connectivity index (χ3n) is 2.53. The van der Waals surface area contributed by atoms with E-state index in [1.807, 2.05) is 0 Å². The zero-order chi connectivity index (χ0) is 13.8. The van der Waals surface area contributed by atoms with Gasteiger partial charge in [-0.2, -0.15) is 0 Å². The second-order valence-corrected chi connectivity index (χ2v) is 4.68. The molecule has 0 saturated heterocycles. The highest BCUT2D eigenvalue weighted by molar-refractivity contribution is 9.10. The molecule has 0 aliphatic rings. The number of aromatic carboxylic acids is 1. The Morgan fingerprint density at radius 3 is 2.68 bits per heavy atom. The van der Waals surface area contributed by atoms with E-state index in [2.05, 4.69) is 15.9 Å². The fraction of sp³-hybridized carbons (Fsp3) is 0.0714. The van der Waals surface area contributed by atoms with Gasteiger partial charge in [-0.3, -0.25) is 0 Å². The lowest BCUT2D eigenvalue weighted by Gasteiger charge is -2.09. The Kier molecular flexibility index (Phi) is 4.16. The molecule has 0 radical (unpaired) electrons. The lowest BCUT2D eigenvalue weighted by molar-refractivity contribution is 0.0694. The number of rotatable bonds is 4. The van der Waals surface area contributed by atoms with Crippen LogP contribution < -0.4 is 4.74 Å². The SMILES string of the molecule is O=C(O)c1ccccc1COc1ccc(Br)c(F)c1. The molecule has 0 fully saturated rings. The van der Waals surface area contributed by atoms with E-state index in [1.54, 1.807) is 24.3 Å². The van der Waals surface area contributed by atoms with Crippen LogP contribution in [0.3, 0.4) is 0 Å². The van der Waals surface area contributed by atoms with Crippen molar-refractivity contribution < 1.29 is 19.0 Å². The van der Waals surface area contributed by atoms with Gasteiger partial charge in [-0.15, -0.1) is 0 Å². The van der Waals surface area contributed by atoms with Crippen LogP contribution in [0.5, 0.6) is 5.75 Å². The van der Waals surface area contributed by atoms with Crippen molar-refractivity contribution in [3.05, 3.63) is 63.9 Å². The van der Waals surface area contributed by atoms with Gasteiger partial charge in [0.05, 0.1) is 10.0 Å². The summed E-state index contributed by atoms with van der Waals surface area (Å²) in [5, 5.41) is 9.02. The van der Waals surface area contributed by atoms with Gasteiger partial charge >= 0.3 is 5.97 Å². The van der Waals surface area contributed by atoms with E-state index in [0.29, 0.717) is 15.8 Å². The molecule has 0 aliphatic heterocycles. The molecular formula is C14H10BrFO3. The normalized spacial score (nSPS) is 10.2. The summed E-state index contributed by atoms with van der Waals surface area (Å²) in [5.41, 5.74) is 0.721. The van der Waals surface area contributed by atoms with Crippen LogP contribution in [-0.2, 0) is 6.61 Å². The molecule has 1 N–H and O–H groups in total. The first-order valence-electron chi connectivity index (χ1n) is 5.47. The molecule has 0 saturated carbocycles. The van der Waals surface area contributed by atoms with Crippen molar-refractivity contribution in [1.29, 1.82) is 0 Å². The van der Waals surface area contributed by atoms with Crippen molar-refractivity contribution in [3.8, 4) is 5.75 Å². The van der Waals surface area contributed by atoms with Crippen LogP contribution in [0.25, 0.3) is 0 Å². The standard InChI is InChI=1S/C14H10BrFO3/c15-12-6-5-10(7-13(12)16)19-8-9-3-1-2-4-11(9)14(17)18/h1-7H,8H2,(H,17,18). The summed E-state index contributed by atoms with van der Waals surface area (Å²) >= 11 is 3.05. The van der Waals surface area contributed by atoms with E-state index in [-0.39, 0.29) is 12.2 Å². The molecule has 3 nitrogen and oxygen atoms in total. The number of carbonyl (C=O) groups is 1. The van der Waals surface area contributed by atoms with Crippen molar-refractivity contribution in [2.45, 2.75) is 6.61 Å². The summed E-state index contributed by atoms with van der Waals surface area (Å²) < 4.78 is 19.0. The Bertz CT molecular complexity index is 613. The first-order chi connectivity index (χ1) is 9.08. The van der Waals surface area contributed by atoms with E-state index in [1.165, 1.54) is 18.2 Å². The van der Waals surface area contributed by atoms with E-state index in [0.717, 1.165) is 0 Å². The molecule has 0 atom stereocenters. The smallest absolute Gasteiger partial charge is 0.336 e. The van der Waals surface area contributed by atoms with E-state index < -0.39 is 11.8 Å². The number of benzene rings is 2. The first kappa shape index (κ1) is 13.5. The van der Waals surface area contributed by atoms with Crippen molar-refractivity contribution >= 4 is 21.9 Å². The van der Waals surface area contributed by atoms with Gasteiger partial charge in [-0.25, -0.2) is 9.18 Å². The maximum atomic E-state index is 13.3. The average Bonchev–Trinajstić information content (AvgIpc) is 2.40. The van der Waals surface area contributed by atoms with Crippen molar-refractivity contribution in [1.82, 2.24) is 0 Å². The van der Waals surface area contributed by atoms with Crippen LogP contribution in [-0.4, -0.2) is 11.1 Å². The highest BCUT2D eigenvalue weighted by Gasteiger charge is 2.09. The van der Waals surface area contributed by atoms with Gasteiger partial charge < -0.3 is 9.84 Å². The molecule has 0 aromatic heterocycles. The summed E-state index contributed by atoms with van der Waals surface area (Å²) in [6, 6.07) is 10.9. The molecule has 0 amide bonds. The van der Waals surface area contributed by atoms with Crippen molar-refractivity contribution in [3.63, 3.8) is 0 Å². The summed E-state index contributed by atoms with van der Waals surface area (Å²) in [5.74, 6) is -1.09. The van der Waals surface area contributed by atoms with Crippen LogP contribution >= 0.6 is 15.9 Å². The van der Waals surface area contributed by atoms with Crippen LogP contribution in [0.1, 0.15) is 15.9 Å². The quantitative estimate of drug-likeness (QED) is 0.928. The lowest BCUT2D eigenvalue weighted by Crippen LogP contribution is -2.05. The van der Waals surface area contributed by atoms with Gasteiger partial charge in [-0.1, -0.05) is 18.2 Å². The number of ether oxygens (including phenoxy) is 1. The number of carboxylic acids is 1. The second kappa shape index (κ2) is 5.84. The molecule has 2 aromatic carbocycles. The van der Waals surface area contributed by atoms with Gasteiger partial charge in [0, 0.05) is 11.6 Å². The van der Waals surface area contributed by atoms with Gasteiger partial charge in [0.25, 0.3) is 0 Å². The highest BCUT2D eigenvalue weighted by atomic mass is 79.9. The Labute approximate surface area is 117 Å². The van der Waals surface area contributed by atoms with Crippen molar-refractivity contribution in [2.75, 3.05) is 0 Å². The zero-order valence-electron chi connectivity index (χ0n) is 9.77. The minimum atomic E-state index is -1.01. The summed E-state index contributed by atoms with van der Waals surface area (Å²) in [4.78, 5) is 11.0. The molecule has 0 spiro atoms. The topological polar surface area (TPSA) is 46.5 Å². The molecule has 0 unspecified atom stereocenters. The fourth-order valence-electron chi connectivity index (χ4n) is 1.58. The molecule has 0 bridgehead atoms. The number of carboxylic acid groups (broad SMARTS) is 1. The Morgan fingerprint density at radius 1 is 1.26 bits per heavy atom. The highest BCUT2D eigenvalue weighted by Crippen LogP contribution is 2.22. The van der Waals surface area contributed by atoms with Gasteiger partial charge in [0.15, 0.2) is 0 Å². The number of hydrogen-bond donors (Lipinski definition) is 1. The van der Waals surface area contributed by atoms with Crippen LogP contribution in [0, 0.1) is 5.82 Å². The average molecular weight is 325 g/mol. The lowest BCUT2D eigenvalue weighted by atomic mass is 10.1. The maximum absolute atomic E-state index is 13.3. The molecule has 98 valence electrons. The van der Waals surface area contributed by atoms with Gasteiger partial charge in [0.2, 0.25) is 0 Å². The third kappa shape index (κ3) is 3.32. The van der Waals surface area contributed by atoms with Gasteiger partial charge in [0.1, 0.15) is 18.2 Å². The van der Waals surface area contributed by atoms with E-state index >= 15 is 0 Å². The third-order valence-corrected chi connectivity index (χ3v) is 3.18. The number of halogens is 2. The monoisotopic (exact) mass is 324 g/mol. The predicted octanol–water partition coefficient (Wildman–Crippen LogP) is 3.87. The van der Waals surface area contributed by atoms with Crippen LogP contribution in [0.15, 0.2) is 46.9 Å². The van der Waals surface area contributed by atoms with Crippen molar-refractivity contribution in [2.24, 2.45) is 0 Å². The molecule has 0 heterocycles. The molecule has 5 heteroatoms. The molecule has 0 aliphatic carbocycles. The molecule has 2 aromatic rings. The van der Waals surface area contributed by atoms with Gasteiger partial charge in [-0.05, 0) is 34.1 Å². The predicted molar refractivity (Wildman–Crippen MR) is 71.8 cm³/mol. The minimum absolute atomic E-state index is 0.0730. The van der Waals surface area contributed by atoms with Crippen LogP contribution in [0.4, 0.5) is 4.39 Å². The summed E-state index contributed by atoms with van der Waals surface area (Å²) in [6.07, 6.45) is 0. The van der Waals surface area contributed by atoms with E-state index in [9.17, 15) is 9.18 Å². The largest absolute Gasteiger partial charge is 0.489 e. The second-order valence-electron chi connectivity index (χ2n) is 3.83. The van der Waals surface area contributed by atoms with Crippen LogP contribution in [0.2, 0.25) is 0 Å². The maximum Gasteiger partial charge on any atom is 0.336 e. The Hall–Kier alpha value is -1.88. The Balaban J connectivity index is 2.14. The summed E-state index contributed by atoms with van der Waals surface area (Å²) in [7, 11) is 0. The zero-order valence-corrected chi connectivity index (χ0v) is 11.4.